The Balaban J connectivity index is 1.72. The van der Waals surface area contributed by atoms with Gasteiger partial charge in [0, 0.05) is 11.2 Å². The van der Waals surface area contributed by atoms with Crippen molar-refractivity contribution in [2.75, 3.05) is 6.61 Å². The van der Waals surface area contributed by atoms with E-state index < -0.39 is 0 Å². The van der Waals surface area contributed by atoms with Crippen molar-refractivity contribution in [2.45, 2.75) is 33.1 Å². The number of aryl methyl sites for hydroxylation is 1. The van der Waals surface area contributed by atoms with Gasteiger partial charge in [-0.3, -0.25) is 4.79 Å². The third kappa shape index (κ3) is 5.19. The Morgan fingerprint density at radius 1 is 1.50 bits per heavy atom. The van der Waals surface area contributed by atoms with Gasteiger partial charge >= 0.3 is 0 Å². The fourth-order valence-corrected chi connectivity index (χ4v) is 2.34. The lowest BCUT2D eigenvalue weighted by Gasteiger charge is -2.15. The molecule has 0 radical (unpaired) electrons. The average Bonchev–Trinajstić information content (AvgIpc) is 2.50. The summed E-state index contributed by atoms with van der Waals surface area (Å²) >= 11 is 5.94. The molecule has 22 heavy (non-hydrogen) atoms. The number of ether oxygens (including phenoxy) is 1. The van der Waals surface area contributed by atoms with E-state index in [-0.39, 0.29) is 12.5 Å². The Hall–Kier alpha value is -1.81. The number of allylic oxidation sites excluding steroid dienone is 2. The van der Waals surface area contributed by atoms with Crippen LogP contribution in [0.4, 0.5) is 0 Å². The van der Waals surface area contributed by atoms with Crippen molar-refractivity contribution in [1.29, 1.82) is 0 Å². The standard InChI is InChI=1S/C17H21ClN2O2/c1-12-3-5-14(6-4-12)10-19-20-17(21)11-22-15-7-8-16(18)13(2)9-15/h3,7-10,14H,4-6,11H2,1-2H3,(H,20,21)/b19-10+. The summed E-state index contributed by atoms with van der Waals surface area (Å²) in [5, 5.41) is 4.69. The number of halogens is 1. The highest BCUT2D eigenvalue weighted by Gasteiger charge is 2.10. The minimum atomic E-state index is -0.272. The number of benzene rings is 1. The maximum Gasteiger partial charge on any atom is 0.277 e. The molecule has 2 rings (SSSR count). The number of hydrogen-bond acceptors (Lipinski definition) is 3. The third-order valence-electron chi connectivity index (χ3n) is 3.65. The van der Waals surface area contributed by atoms with E-state index in [0.29, 0.717) is 16.7 Å². The molecule has 0 fully saturated rings. The molecule has 1 aliphatic carbocycles. The van der Waals surface area contributed by atoms with Crippen LogP contribution in [0.1, 0.15) is 31.7 Å². The zero-order valence-corrected chi connectivity index (χ0v) is 13.7. The van der Waals surface area contributed by atoms with E-state index in [9.17, 15) is 4.79 Å². The van der Waals surface area contributed by atoms with Gasteiger partial charge in [0.05, 0.1) is 0 Å². The summed E-state index contributed by atoms with van der Waals surface area (Å²) in [4.78, 5) is 11.7. The summed E-state index contributed by atoms with van der Waals surface area (Å²) in [6, 6.07) is 5.29. The number of amides is 1. The number of hydrazone groups is 1. The van der Waals surface area contributed by atoms with E-state index in [1.165, 1.54) is 5.57 Å². The lowest BCUT2D eigenvalue weighted by molar-refractivity contribution is -0.123. The number of rotatable bonds is 5. The van der Waals surface area contributed by atoms with Gasteiger partial charge < -0.3 is 4.74 Å². The second-order valence-corrected chi connectivity index (χ2v) is 6.00. The molecule has 1 aromatic rings. The number of nitrogens with one attached hydrogen (secondary N) is 1. The molecule has 1 aromatic carbocycles. The van der Waals surface area contributed by atoms with E-state index in [4.69, 9.17) is 16.3 Å². The Morgan fingerprint density at radius 2 is 2.32 bits per heavy atom. The van der Waals surface area contributed by atoms with E-state index in [1.807, 2.05) is 13.1 Å². The van der Waals surface area contributed by atoms with Crippen LogP contribution in [-0.2, 0) is 4.79 Å². The molecule has 1 atom stereocenters. The van der Waals surface area contributed by atoms with Crippen molar-refractivity contribution in [1.82, 2.24) is 5.43 Å². The van der Waals surface area contributed by atoms with E-state index in [0.717, 1.165) is 24.8 Å². The lowest BCUT2D eigenvalue weighted by Crippen LogP contribution is -2.25. The van der Waals surface area contributed by atoms with Crippen LogP contribution in [0, 0.1) is 12.8 Å². The molecular weight excluding hydrogens is 300 g/mol. The molecule has 1 aliphatic rings. The molecule has 118 valence electrons. The van der Waals surface area contributed by atoms with Crippen LogP contribution in [0.25, 0.3) is 0 Å². The molecule has 0 aromatic heterocycles. The van der Waals surface area contributed by atoms with Gasteiger partial charge in [0.2, 0.25) is 0 Å². The SMILES string of the molecule is CC1=CCC(/C=N/NC(=O)COc2ccc(Cl)c(C)c2)CC1. The highest BCUT2D eigenvalue weighted by Crippen LogP contribution is 2.22. The number of carbonyl (C=O) groups excluding carboxylic acids is 1. The van der Waals surface area contributed by atoms with Gasteiger partial charge in [-0.15, -0.1) is 0 Å². The largest absolute Gasteiger partial charge is 0.484 e. The normalized spacial score (nSPS) is 18.1. The Labute approximate surface area is 136 Å². The minimum absolute atomic E-state index is 0.0674. The van der Waals surface area contributed by atoms with Crippen LogP contribution in [0.5, 0.6) is 5.75 Å². The van der Waals surface area contributed by atoms with Crippen molar-refractivity contribution in [2.24, 2.45) is 11.0 Å². The zero-order valence-electron chi connectivity index (χ0n) is 12.9. The molecule has 1 amide bonds. The first-order valence-corrected chi connectivity index (χ1v) is 7.79. The third-order valence-corrected chi connectivity index (χ3v) is 4.08. The Bertz CT molecular complexity index is 596. The van der Waals surface area contributed by atoms with Gasteiger partial charge in [0.15, 0.2) is 6.61 Å². The molecule has 0 spiro atoms. The summed E-state index contributed by atoms with van der Waals surface area (Å²) in [7, 11) is 0. The maximum absolute atomic E-state index is 11.7. The second-order valence-electron chi connectivity index (χ2n) is 5.60. The minimum Gasteiger partial charge on any atom is -0.484 e. The maximum atomic E-state index is 11.7. The zero-order chi connectivity index (χ0) is 15.9. The fourth-order valence-electron chi connectivity index (χ4n) is 2.22. The van der Waals surface area contributed by atoms with Crippen LogP contribution in [0.15, 0.2) is 34.9 Å². The van der Waals surface area contributed by atoms with E-state index in [1.54, 1.807) is 18.2 Å². The molecule has 0 heterocycles. The smallest absolute Gasteiger partial charge is 0.277 e. The number of carbonyl (C=O) groups is 1. The van der Waals surface area contributed by atoms with Crippen LogP contribution in [0.2, 0.25) is 5.02 Å². The summed E-state index contributed by atoms with van der Waals surface area (Å²) < 4.78 is 5.41. The van der Waals surface area contributed by atoms with Crippen molar-refractivity contribution < 1.29 is 9.53 Å². The Morgan fingerprint density at radius 3 is 3.00 bits per heavy atom. The summed E-state index contributed by atoms with van der Waals surface area (Å²) in [5.74, 6) is 0.754. The first-order valence-electron chi connectivity index (χ1n) is 7.41. The van der Waals surface area contributed by atoms with Crippen molar-refractivity contribution in [3.8, 4) is 5.75 Å². The first-order chi connectivity index (χ1) is 10.5. The average molecular weight is 321 g/mol. The van der Waals surface area contributed by atoms with Crippen molar-refractivity contribution in [3.05, 3.63) is 40.4 Å². The van der Waals surface area contributed by atoms with E-state index >= 15 is 0 Å². The van der Waals surface area contributed by atoms with Gasteiger partial charge in [-0.25, -0.2) is 5.43 Å². The number of nitrogens with zero attached hydrogens (tertiary/aromatic N) is 1. The molecule has 0 saturated carbocycles. The van der Waals surface area contributed by atoms with Gasteiger partial charge in [-0.05, 0) is 62.8 Å². The number of hydrogen-bond donors (Lipinski definition) is 1. The molecule has 5 heteroatoms. The highest BCUT2D eigenvalue weighted by molar-refractivity contribution is 6.31. The van der Waals surface area contributed by atoms with Gasteiger partial charge in [0.1, 0.15) is 5.75 Å². The molecule has 4 nitrogen and oxygen atoms in total. The monoisotopic (exact) mass is 320 g/mol. The topological polar surface area (TPSA) is 50.7 Å². The molecule has 0 saturated heterocycles. The van der Waals surface area contributed by atoms with E-state index in [2.05, 4.69) is 23.5 Å². The van der Waals surface area contributed by atoms with Gasteiger partial charge in [-0.2, -0.15) is 5.10 Å². The molecule has 0 bridgehead atoms. The highest BCUT2D eigenvalue weighted by atomic mass is 35.5. The van der Waals surface area contributed by atoms with Gasteiger partial charge in [0.25, 0.3) is 5.91 Å². The predicted octanol–water partition coefficient (Wildman–Crippen LogP) is 3.88. The van der Waals surface area contributed by atoms with Crippen LogP contribution >= 0.6 is 11.6 Å². The van der Waals surface area contributed by atoms with Crippen molar-refractivity contribution >= 4 is 23.7 Å². The predicted molar refractivity (Wildman–Crippen MR) is 89.4 cm³/mol. The summed E-state index contributed by atoms with van der Waals surface area (Å²) in [6.45, 7) is 3.97. The van der Waals surface area contributed by atoms with Gasteiger partial charge in [-0.1, -0.05) is 23.3 Å². The summed E-state index contributed by atoms with van der Waals surface area (Å²) in [6.07, 6.45) is 7.22. The summed E-state index contributed by atoms with van der Waals surface area (Å²) in [5.41, 5.74) is 4.84. The fraction of sp³-hybridized carbons (Fsp3) is 0.412. The Kier molecular flexibility index (Phi) is 6.01. The first kappa shape index (κ1) is 16.6. The van der Waals surface area contributed by atoms with Crippen LogP contribution in [-0.4, -0.2) is 18.7 Å². The molecule has 0 aliphatic heterocycles. The molecular formula is C17H21ClN2O2. The van der Waals surface area contributed by atoms with Crippen LogP contribution < -0.4 is 10.2 Å². The quantitative estimate of drug-likeness (QED) is 0.508. The van der Waals surface area contributed by atoms with Crippen molar-refractivity contribution in [3.63, 3.8) is 0 Å². The second kappa shape index (κ2) is 7.99. The molecule has 1 N–H and O–H groups in total. The lowest BCUT2D eigenvalue weighted by atomic mass is 9.91. The molecule has 1 unspecified atom stereocenters. The van der Waals surface area contributed by atoms with Crippen LogP contribution in [0.3, 0.4) is 0 Å².